The zero-order valence-corrected chi connectivity index (χ0v) is 16.5. The Kier molecular flexibility index (Phi) is 4.80. The third-order valence-corrected chi connectivity index (χ3v) is 5.85. The van der Waals surface area contributed by atoms with Gasteiger partial charge in [-0.15, -0.1) is 11.3 Å². The van der Waals surface area contributed by atoms with E-state index in [1.54, 1.807) is 4.68 Å². The highest BCUT2D eigenvalue weighted by molar-refractivity contribution is 7.14. The third kappa shape index (κ3) is 3.65. The summed E-state index contributed by atoms with van der Waals surface area (Å²) in [4.78, 5) is 17.5. The molecule has 0 spiro atoms. The van der Waals surface area contributed by atoms with E-state index < -0.39 is 0 Å². The molecule has 6 nitrogen and oxygen atoms in total. The van der Waals surface area contributed by atoms with Gasteiger partial charge >= 0.3 is 0 Å². The highest BCUT2D eigenvalue weighted by atomic mass is 32.1. The van der Waals surface area contributed by atoms with Gasteiger partial charge in [-0.25, -0.2) is 4.98 Å². The van der Waals surface area contributed by atoms with E-state index in [2.05, 4.69) is 52.8 Å². The van der Waals surface area contributed by atoms with Gasteiger partial charge in [-0.3, -0.25) is 9.48 Å². The lowest BCUT2D eigenvalue weighted by atomic mass is 9.90. The first-order chi connectivity index (χ1) is 13.0. The van der Waals surface area contributed by atoms with Crippen molar-refractivity contribution in [1.82, 2.24) is 20.1 Å². The molecule has 1 fully saturated rings. The first kappa shape index (κ1) is 17.9. The van der Waals surface area contributed by atoms with Gasteiger partial charge in [-0.1, -0.05) is 23.8 Å². The van der Waals surface area contributed by atoms with E-state index in [9.17, 15) is 4.79 Å². The zero-order chi connectivity index (χ0) is 19.0. The summed E-state index contributed by atoms with van der Waals surface area (Å²) in [6.45, 7) is 5.62. The molecule has 0 bridgehead atoms. The molecule has 1 aromatic carbocycles. The Morgan fingerprint density at radius 3 is 2.93 bits per heavy atom. The second-order valence-electron chi connectivity index (χ2n) is 7.16. The van der Waals surface area contributed by atoms with E-state index in [1.165, 1.54) is 22.5 Å². The van der Waals surface area contributed by atoms with Crippen LogP contribution in [0.25, 0.3) is 11.3 Å². The number of carbonyl (C=O) groups excluding carboxylic acids is 1. The molecule has 0 aliphatic carbocycles. The average Bonchev–Trinajstić information content (AvgIpc) is 3.35. The van der Waals surface area contributed by atoms with E-state index >= 15 is 0 Å². The number of carbonyl (C=O) groups is 1. The number of amides is 1. The number of rotatable bonds is 4. The van der Waals surface area contributed by atoms with E-state index in [0.717, 1.165) is 23.4 Å². The molecule has 3 aromatic rings. The predicted octanol–water partition coefficient (Wildman–Crippen LogP) is 3.10. The number of hydrogen-bond acceptors (Lipinski definition) is 5. The Labute approximate surface area is 162 Å². The summed E-state index contributed by atoms with van der Waals surface area (Å²) < 4.78 is 1.78. The first-order valence-corrected chi connectivity index (χ1v) is 9.92. The van der Waals surface area contributed by atoms with Crippen molar-refractivity contribution < 1.29 is 4.79 Å². The molecule has 1 saturated heterocycles. The summed E-state index contributed by atoms with van der Waals surface area (Å²) in [5.41, 5.74) is 5.53. The second kappa shape index (κ2) is 7.25. The van der Waals surface area contributed by atoms with Crippen LogP contribution < -0.4 is 10.6 Å². The summed E-state index contributed by atoms with van der Waals surface area (Å²) in [5.74, 6) is 0.0236. The molecular formula is C20H23N5OS. The summed E-state index contributed by atoms with van der Waals surface area (Å²) >= 11 is 1.47. The van der Waals surface area contributed by atoms with Crippen LogP contribution in [0.3, 0.4) is 0 Å². The predicted molar refractivity (Wildman–Crippen MR) is 108 cm³/mol. The lowest BCUT2D eigenvalue weighted by Gasteiger charge is -2.15. The van der Waals surface area contributed by atoms with Crippen LogP contribution in [0.1, 0.15) is 22.6 Å². The Hall–Kier alpha value is -2.51. The Bertz CT molecular complexity index is 976. The molecule has 2 atom stereocenters. The van der Waals surface area contributed by atoms with Crippen molar-refractivity contribution in [3.8, 4) is 11.3 Å². The van der Waals surface area contributed by atoms with Crippen LogP contribution in [0.2, 0.25) is 0 Å². The third-order valence-electron chi connectivity index (χ3n) is 5.10. The molecule has 140 valence electrons. The van der Waals surface area contributed by atoms with Crippen molar-refractivity contribution in [2.75, 3.05) is 18.4 Å². The number of aromatic nitrogens is 3. The molecule has 0 saturated carbocycles. The monoisotopic (exact) mass is 381 g/mol. The van der Waals surface area contributed by atoms with Gasteiger partial charge in [0.1, 0.15) is 0 Å². The molecular weight excluding hydrogens is 358 g/mol. The average molecular weight is 382 g/mol. The molecule has 1 aliphatic heterocycles. The fourth-order valence-electron chi connectivity index (χ4n) is 3.69. The minimum absolute atomic E-state index is 0.00961. The number of nitrogens with zero attached hydrogens (tertiary/aromatic N) is 3. The van der Waals surface area contributed by atoms with E-state index in [0.29, 0.717) is 11.7 Å². The lowest BCUT2D eigenvalue weighted by molar-refractivity contribution is -0.119. The van der Waals surface area contributed by atoms with Crippen molar-refractivity contribution in [3.63, 3.8) is 0 Å². The van der Waals surface area contributed by atoms with E-state index in [1.807, 2.05) is 24.8 Å². The molecule has 3 heterocycles. The second-order valence-corrected chi connectivity index (χ2v) is 8.02. The molecule has 1 aliphatic rings. The van der Waals surface area contributed by atoms with Crippen LogP contribution >= 0.6 is 11.3 Å². The van der Waals surface area contributed by atoms with Gasteiger partial charge < -0.3 is 10.6 Å². The highest BCUT2D eigenvalue weighted by Crippen LogP contribution is 2.31. The quantitative estimate of drug-likeness (QED) is 0.728. The molecule has 4 rings (SSSR count). The Morgan fingerprint density at radius 2 is 2.19 bits per heavy atom. The standard InChI is InChI=1S/C20H23N5OS/c1-12-4-5-15(13(2)6-12)18-11-27-20(23-18)24-19(26)17-9-21-8-16(17)14-7-22-25(3)10-14/h4-7,10-11,16-17,21H,8-9H2,1-3H3,(H,23,24,26)/t16-,17+/m1/s1. The molecule has 2 N–H and O–H groups in total. The summed E-state index contributed by atoms with van der Waals surface area (Å²) in [6.07, 6.45) is 3.83. The van der Waals surface area contributed by atoms with Gasteiger partial charge in [0.25, 0.3) is 0 Å². The van der Waals surface area contributed by atoms with Gasteiger partial charge in [0.05, 0.1) is 17.8 Å². The molecule has 0 unspecified atom stereocenters. The minimum Gasteiger partial charge on any atom is -0.315 e. The maximum absolute atomic E-state index is 12.9. The van der Waals surface area contributed by atoms with Crippen molar-refractivity contribution in [1.29, 1.82) is 0 Å². The number of thiazole rings is 1. The number of anilines is 1. The van der Waals surface area contributed by atoms with Crippen LogP contribution in [0.15, 0.2) is 36.0 Å². The number of hydrogen-bond donors (Lipinski definition) is 2. The Morgan fingerprint density at radius 1 is 1.33 bits per heavy atom. The van der Waals surface area contributed by atoms with Crippen LogP contribution in [0.5, 0.6) is 0 Å². The van der Waals surface area contributed by atoms with E-state index in [4.69, 9.17) is 0 Å². The summed E-state index contributed by atoms with van der Waals surface area (Å²) in [7, 11) is 1.89. The fraction of sp³-hybridized carbons (Fsp3) is 0.350. The number of nitrogens with one attached hydrogen (secondary N) is 2. The fourth-order valence-corrected chi connectivity index (χ4v) is 4.40. The van der Waals surface area contributed by atoms with Crippen LogP contribution in [0.4, 0.5) is 5.13 Å². The number of aryl methyl sites for hydroxylation is 3. The van der Waals surface area contributed by atoms with Gasteiger partial charge in [-0.05, 0) is 25.0 Å². The molecule has 1 amide bonds. The van der Waals surface area contributed by atoms with Crippen molar-refractivity contribution >= 4 is 22.4 Å². The molecule has 27 heavy (non-hydrogen) atoms. The van der Waals surface area contributed by atoms with Crippen molar-refractivity contribution in [2.45, 2.75) is 19.8 Å². The lowest BCUT2D eigenvalue weighted by Crippen LogP contribution is -2.28. The molecule has 7 heteroatoms. The molecule has 0 radical (unpaired) electrons. The summed E-state index contributed by atoms with van der Waals surface area (Å²) in [6, 6.07) is 6.32. The SMILES string of the molecule is Cc1ccc(-c2csc(NC(=O)[C@H]3CNC[C@@H]3c3cnn(C)c3)n2)c(C)c1. The van der Waals surface area contributed by atoms with Gasteiger partial charge in [0.2, 0.25) is 5.91 Å². The topological polar surface area (TPSA) is 71.8 Å². The maximum atomic E-state index is 12.9. The normalized spacial score (nSPS) is 19.4. The minimum atomic E-state index is -0.123. The zero-order valence-electron chi connectivity index (χ0n) is 15.7. The van der Waals surface area contributed by atoms with Crippen LogP contribution in [0, 0.1) is 19.8 Å². The van der Waals surface area contributed by atoms with Gasteiger partial charge in [0, 0.05) is 43.2 Å². The van der Waals surface area contributed by atoms with Crippen LogP contribution in [-0.4, -0.2) is 33.8 Å². The maximum Gasteiger partial charge on any atom is 0.231 e. The van der Waals surface area contributed by atoms with Crippen molar-refractivity contribution in [3.05, 3.63) is 52.7 Å². The number of benzene rings is 1. The highest BCUT2D eigenvalue weighted by Gasteiger charge is 2.35. The van der Waals surface area contributed by atoms with Crippen LogP contribution in [-0.2, 0) is 11.8 Å². The smallest absolute Gasteiger partial charge is 0.231 e. The van der Waals surface area contributed by atoms with Gasteiger partial charge in [0.15, 0.2) is 5.13 Å². The largest absolute Gasteiger partial charge is 0.315 e. The van der Waals surface area contributed by atoms with E-state index in [-0.39, 0.29) is 17.7 Å². The van der Waals surface area contributed by atoms with Gasteiger partial charge in [-0.2, -0.15) is 5.10 Å². The Balaban J connectivity index is 1.49. The summed E-state index contributed by atoms with van der Waals surface area (Å²) in [5, 5.41) is 13.2. The molecule has 2 aromatic heterocycles. The van der Waals surface area contributed by atoms with Crippen molar-refractivity contribution in [2.24, 2.45) is 13.0 Å². The first-order valence-electron chi connectivity index (χ1n) is 9.04.